The molecule has 1 aromatic heterocycles. The number of hydrogen-bond acceptors (Lipinski definition) is 14. The summed E-state index contributed by atoms with van der Waals surface area (Å²) in [6.45, 7) is 12.6. The molecule has 7 amide bonds. The lowest BCUT2D eigenvalue weighted by molar-refractivity contribution is -0.142. The van der Waals surface area contributed by atoms with Crippen LogP contribution >= 0.6 is 34.5 Å². The van der Waals surface area contributed by atoms with E-state index in [4.69, 9.17) is 32.7 Å². The number of likely N-dealkylation sites (N-methyl/N-ethyl adjacent to an activating group) is 2. The van der Waals surface area contributed by atoms with Gasteiger partial charge in [0.1, 0.15) is 34.5 Å². The number of carbonyl (C=O) groups is 9. The Hall–Kier alpha value is -5.58. The molecule has 1 aromatic carbocycles. The van der Waals surface area contributed by atoms with E-state index in [-0.39, 0.29) is 65.1 Å². The first-order valence-electron chi connectivity index (χ1n) is 22.6. The number of benzene rings is 1. The number of nitrogens with one attached hydrogen (secondary N) is 5. The molecular weight excluding hydrogens is 974 g/mol. The minimum Gasteiger partial charge on any atom is -0.481 e. The Labute approximate surface area is 422 Å². The molecule has 24 heteroatoms. The fraction of sp³-hybridized carbons (Fsp3) is 0.609. The van der Waals surface area contributed by atoms with Gasteiger partial charge in [-0.3, -0.25) is 38.5 Å². The molecule has 1 aliphatic rings. The van der Waals surface area contributed by atoms with Crippen molar-refractivity contribution >= 4 is 93.7 Å². The number of hydrogen-bond donors (Lipinski definition) is 6. The van der Waals surface area contributed by atoms with Gasteiger partial charge in [-0.25, -0.2) is 14.6 Å². The first-order valence-corrected chi connectivity index (χ1v) is 24.6. The van der Waals surface area contributed by atoms with Crippen LogP contribution in [0.5, 0.6) is 5.75 Å². The maximum Gasteiger partial charge on any atom is 0.409 e. The third-order valence-electron chi connectivity index (χ3n) is 12.3. The largest absolute Gasteiger partial charge is 0.481 e. The molecule has 3 rings (SSSR count). The number of ether oxygens (including phenoxy) is 2. The zero-order chi connectivity index (χ0) is 52.9. The van der Waals surface area contributed by atoms with Crippen molar-refractivity contribution in [2.45, 2.75) is 116 Å². The third-order valence-corrected chi connectivity index (χ3v) is 13.7. The molecule has 2 heterocycles. The van der Waals surface area contributed by atoms with E-state index in [2.05, 4.69) is 31.6 Å². The Balaban J connectivity index is 1.96. The fourth-order valence-electron chi connectivity index (χ4n) is 7.19. The summed E-state index contributed by atoms with van der Waals surface area (Å²) in [4.78, 5) is 128. The number of esters is 1. The monoisotopic (exact) mass is 1040 g/mol. The number of rotatable bonds is 23. The molecule has 0 radical (unpaired) electrons. The van der Waals surface area contributed by atoms with Crippen LogP contribution in [0.3, 0.4) is 0 Å². The number of carboxylic acid groups (broad SMARTS) is 1. The number of alkyl halides is 2. The van der Waals surface area contributed by atoms with E-state index in [0.717, 1.165) is 11.3 Å². The van der Waals surface area contributed by atoms with Crippen LogP contribution in [0.4, 0.5) is 10.5 Å². The number of thiazole rings is 1. The minimum atomic E-state index is -1.68. The Morgan fingerprint density at radius 2 is 1.54 bits per heavy atom. The van der Waals surface area contributed by atoms with Gasteiger partial charge >= 0.3 is 18.0 Å². The van der Waals surface area contributed by atoms with Crippen molar-refractivity contribution in [3.8, 4) is 5.75 Å². The second kappa shape index (κ2) is 26.0. The maximum absolute atomic E-state index is 14.4. The van der Waals surface area contributed by atoms with Crippen LogP contribution in [0.2, 0.25) is 0 Å². The number of aromatic nitrogens is 1. The molecule has 0 bridgehead atoms. The molecule has 0 saturated carbocycles. The molecule has 388 valence electrons. The highest BCUT2D eigenvalue weighted by Crippen LogP contribution is 2.33. The average Bonchev–Trinajstić information content (AvgIpc) is 3.80. The quantitative estimate of drug-likeness (QED) is 0.0529. The molecule has 21 nitrogen and oxygen atoms in total. The number of fused-ring (bicyclic) bond motifs is 1. The molecule has 70 heavy (non-hydrogen) atoms. The Bertz CT molecular complexity index is 2240. The summed E-state index contributed by atoms with van der Waals surface area (Å²) < 4.78 is 11.5. The van der Waals surface area contributed by atoms with E-state index in [9.17, 15) is 48.3 Å². The Morgan fingerprint density at radius 1 is 0.929 bits per heavy atom. The van der Waals surface area contributed by atoms with Crippen LogP contribution < -0.4 is 31.3 Å². The number of carbonyl (C=O) groups excluding carboxylic acids is 8. The predicted molar refractivity (Wildman–Crippen MR) is 263 cm³/mol. The second-order valence-electron chi connectivity index (χ2n) is 18.6. The third kappa shape index (κ3) is 15.7. The van der Waals surface area contributed by atoms with Crippen LogP contribution in [-0.2, 0) is 44.7 Å². The van der Waals surface area contributed by atoms with Crippen LogP contribution in [-0.4, -0.2) is 161 Å². The van der Waals surface area contributed by atoms with Gasteiger partial charge in [-0.2, -0.15) is 0 Å². The van der Waals surface area contributed by atoms with E-state index in [1.54, 1.807) is 44.8 Å². The normalized spacial score (nSPS) is 17.4. The van der Waals surface area contributed by atoms with Gasteiger partial charge in [0.05, 0.1) is 17.1 Å². The Morgan fingerprint density at radius 3 is 2.09 bits per heavy atom. The smallest absolute Gasteiger partial charge is 0.409 e. The summed E-state index contributed by atoms with van der Waals surface area (Å²) in [7, 11) is 8.21. The average molecular weight is 1040 g/mol. The van der Waals surface area contributed by atoms with Crippen molar-refractivity contribution < 1.29 is 57.7 Å². The van der Waals surface area contributed by atoms with Gasteiger partial charge < -0.3 is 51.0 Å². The first-order chi connectivity index (χ1) is 32.7. The van der Waals surface area contributed by atoms with Gasteiger partial charge in [0.15, 0.2) is 17.9 Å². The van der Waals surface area contributed by atoms with Crippen molar-refractivity contribution in [3.05, 3.63) is 39.8 Å². The number of anilines is 1. The molecule has 0 aliphatic carbocycles. The van der Waals surface area contributed by atoms with Gasteiger partial charge in [0.2, 0.25) is 29.5 Å². The maximum atomic E-state index is 14.4. The van der Waals surface area contributed by atoms with Crippen LogP contribution in [0, 0.1) is 17.8 Å². The van der Waals surface area contributed by atoms with E-state index in [0.29, 0.717) is 12.0 Å². The van der Waals surface area contributed by atoms with Gasteiger partial charge in [0, 0.05) is 45.0 Å². The van der Waals surface area contributed by atoms with Gasteiger partial charge in [0.25, 0.3) is 5.91 Å². The lowest BCUT2D eigenvalue weighted by atomic mass is 9.92. The molecule has 0 fully saturated rings. The minimum absolute atomic E-state index is 0.00249. The highest BCUT2D eigenvalue weighted by atomic mass is 35.5. The molecule has 0 spiro atoms. The van der Waals surface area contributed by atoms with Crippen molar-refractivity contribution in [2.24, 2.45) is 17.8 Å². The fourth-order valence-corrected chi connectivity index (χ4v) is 8.18. The molecule has 3 unspecified atom stereocenters. The lowest BCUT2D eigenvalue weighted by Crippen LogP contribution is -2.62. The number of nitrogens with zero attached hydrogens (tertiary/aromatic N) is 4. The summed E-state index contributed by atoms with van der Waals surface area (Å²) in [6, 6.07) is -1.26. The van der Waals surface area contributed by atoms with Crippen LogP contribution in [0.15, 0.2) is 23.6 Å². The molecule has 0 saturated heterocycles. The van der Waals surface area contributed by atoms with Crippen LogP contribution in [0.25, 0.3) is 0 Å². The van der Waals surface area contributed by atoms with Crippen molar-refractivity contribution in [1.29, 1.82) is 0 Å². The highest BCUT2D eigenvalue weighted by molar-refractivity contribution is 7.09. The summed E-state index contributed by atoms with van der Waals surface area (Å²) in [5.41, 5.74) is -0.534. The van der Waals surface area contributed by atoms with Gasteiger partial charge in [-0.1, -0.05) is 47.1 Å². The van der Waals surface area contributed by atoms with Crippen LogP contribution in [0.1, 0.15) is 94.9 Å². The van der Waals surface area contributed by atoms with E-state index >= 15 is 0 Å². The second-order valence-corrected chi connectivity index (χ2v) is 20.0. The van der Waals surface area contributed by atoms with Gasteiger partial charge in [-0.05, 0) is 70.3 Å². The first kappa shape index (κ1) is 58.7. The number of carboxylic acids is 1. The van der Waals surface area contributed by atoms with Crippen molar-refractivity contribution in [2.75, 3.05) is 52.3 Å². The molecule has 6 N–H and O–H groups in total. The van der Waals surface area contributed by atoms with E-state index in [1.807, 2.05) is 27.7 Å². The lowest BCUT2D eigenvalue weighted by Gasteiger charge is -2.38. The molecule has 2 aromatic rings. The Kier molecular flexibility index (Phi) is 21.8. The van der Waals surface area contributed by atoms with Crippen molar-refractivity contribution in [1.82, 2.24) is 41.0 Å². The van der Waals surface area contributed by atoms with Crippen molar-refractivity contribution in [3.63, 3.8) is 0 Å². The SMILES string of the molecule is CC[C@H](C)[C@H](NC(=O)C(C)(C)N(C)C)C(=O)N(C)[C@H](C[C@@H](OC(=O)N(C)C)c1nc(C(=O)N[C@@H](Cc2ccc3c(c2)NC(=O)C(NC(=O)CCl)C(NC(=O)CCl)C(=O)O3)CC(C)C(=O)O)cs1)C(C)C. The summed E-state index contributed by atoms with van der Waals surface area (Å²) in [5, 5.41) is 24.6. The summed E-state index contributed by atoms with van der Waals surface area (Å²) >= 11 is 12.3. The summed E-state index contributed by atoms with van der Waals surface area (Å²) in [6.07, 6.45) is -1.12. The standard InChI is InChI=1S/C46H67Cl2N9O12S/c1-13-24(4)35(54-44(66)46(6,7)56(10)11)41(62)57(12)30(23(2)3)19-32(69-45(67)55(8)9)40-51-29(22-70-40)38(60)49-27(16-25(5)42(63)64)17-26-14-15-31-28(18-26)50-39(61)36(52-33(58)20-47)37(43(65)68-31)53-34(59)21-48/h14-15,18,22-25,27,30,32,35-37H,13,16-17,19-21H2,1-12H3,(H,49,60)(H,50,61)(H,52,58)(H,53,59)(H,54,66)(H,63,64)/t24-,25?,27+,30+,32+,35-,36?,37?/m0/s1. The topological polar surface area (TPSA) is 275 Å². The van der Waals surface area contributed by atoms with E-state index < -0.39 is 101 Å². The zero-order valence-corrected chi connectivity index (χ0v) is 44.0. The molecular formula is C46H67Cl2N9O12S. The van der Waals surface area contributed by atoms with E-state index in [1.165, 1.54) is 49.5 Å². The zero-order valence-electron chi connectivity index (χ0n) is 41.6. The highest BCUT2D eigenvalue weighted by Gasteiger charge is 2.41. The molecule has 1 aliphatic heterocycles. The van der Waals surface area contributed by atoms with Gasteiger partial charge in [-0.15, -0.1) is 34.5 Å². The number of amides is 7. The number of halogens is 2. The number of aliphatic carboxylic acids is 1. The predicted octanol–water partition coefficient (Wildman–Crippen LogP) is 3.38. The molecule has 8 atom stereocenters. The summed E-state index contributed by atoms with van der Waals surface area (Å²) in [5.74, 6) is -8.70.